The fraction of sp³-hybridized carbons (Fsp3) is 0.185. The lowest BCUT2D eigenvalue weighted by atomic mass is 10.2. The number of hydrogen-bond donors (Lipinski definition) is 2. The molecule has 196 valence electrons. The Labute approximate surface area is 220 Å². The summed E-state index contributed by atoms with van der Waals surface area (Å²) in [7, 11) is 0. The van der Waals surface area contributed by atoms with E-state index in [4.69, 9.17) is 11.6 Å². The number of nitrogens with zero attached hydrogens (tertiary/aromatic N) is 2. The van der Waals surface area contributed by atoms with Gasteiger partial charge in [-0.3, -0.25) is 23.5 Å². The van der Waals surface area contributed by atoms with Gasteiger partial charge in [0, 0.05) is 30.6 Å². The third-order valence-electron chi connectivity index (χ3n) is 5.86. The number of hydrogen-bond acceptors (Lipinski definition) is 4. The molecule has 0 radical (unpaired) electrons. The molecule has 38 heavy (non-hydrogen) atoms. The number of carbonyl (C=O) groups excluding carboxylic acids is 2. The van der Waals surface area contributed by atoms with Gasteiger partial charge in [0.1, 0.15) is 18.2 Å². The molecule has 3 aromatic carbocycles. The summed E-state index contributed by atoms with van der Waals surface area (Å²) in [5.41, 5.74) is -0.561. The fourth-order valence-electron chi connectivity index (χ4n) is 3.97. The molecular formula is C27H23ClF2N4O4. The van der Waals surface area contributed by atoms with Crippen molar-refractivity contribution in [3.63, 3.8) is 0 Å². The molecule has 0 aliphatic heterocycles. The number of fused-ring (bicyclic) bond motifs is 1. The van der Waals surface area contributed by atoms with E-state index in [1.165, 1.54) is 12.1 Å². The predicted octanol–water partition coefficient (Wildman–Crippen LogP) is 3.83. The van der Waals surface area contributed by atoms with Crippen LogP contribution in [-0.4, -0.2) is 20.9 Å². The summed E-state index contributed by atoms with van der Waals surface area (Å²) in [6.45, 7) is -0.337. The maximum absolute atomic E-state index is 14.0. The van der Waals surface area contributed by atoms with Crippen LogP contribution in [0.5, 0.6) is 0 Å². The van der Waals surface area contributed by atoms with E-state index in [1.54, 1.807) is 36.4 Å². The van der Waals surface area contributed by atoms with Gasteiger partial charge in [0.25, 0.3) is 5.56 Å². The van der Waals surface area contributed by atoms with Gasteiger partial charge in [-0.05, 0) is 42.3 Å². The maximum Gasteiger partial charge on any atom is 0.331 e. The van der Waals surface area contributed by atoms with Gasteiger partial charge in [-0.1, -0.05) is 41.9 Å². The van der Waals surface area contributed by atoms with Crippen LogP contribution >= 0.6 is 11.6 Å². The molecule has 0 bridgehead atoms. The average Bonchev–Trinajstić information content (AvgIpc) is 2.89. The van der Waals surface area contributed by atoms with Gasteiger partial charge in [-0.2, -0.15) is 0 Å². The molecule has 11 heteroatoms. The minimum atomic E-state index is -0.965. The second kappa shape index (κ2) is 11.8. The monoisotopic (exact) mass is 540 g/mol. The number of carbonyl (C=O) groups is 2. The Morgan fingerprint density at radius 3 is 2.39 bits per heavy atom. The second-order valence-electron chi connectivity index (χ2n) is 8.49. The second-order valence-corrected chi connectivity index (χ2v) is 8.89. The van der Waals surface area contributed by atoms with Crippen molar-refractivity contribution in [1.29, 1.82) is 0 Å². The van der Waals surface area contributed by atoms with Gasteiger partial charge in [0.05, 0.1) is 16.6 Å². The molecule has 2 N–H and O–H groups in total. The predicted molar refractivity (Wildman–Crippen MR) is 140 cm³/mol. The van der Waals surface area contributed by atoms with Crippen LogP contribution in [-0.2, 0) is 29.2 Å². The van der Waals surface area contributed by atoms with Crippen molar-refractivity contribution in [1.82, 2.24) is 14.5 Å². The lowest BCUT2D eigenvalue weighted by molar-refractivity contribution is -0.121. The van der Waals surface area contributed by atoms with Crippen LogP contribution in [0, 0.1) is 11.6 Å². The first-order chi connectivity index (χ1) is 18.2. The van der Waals surface area contributed by atoms with Gasteiger partial charge >= 0.3 is 5.69 Å². The van der Waals surface area contributed by atoms with E-state index in [9.17, 15) is 28.0 Å². The Morgan fingerprint density at radius 1 is 0.895 bits per heavy atom. The largest absolute Gasteiger partial charge is 0.352 e. The lowest BCUT2D eigenvalue weighted by Gasteiger charge is -2.14. The number of aromatic nitrogens is 2. The highest BCUT2D eigenvalue weighted by Gasteiger charge is 2.17. The summed E-state index contributed by atoms with van der Waals surface area (Å²) >= 11 is 6.10. The van der Waals surface area contributed by atoms with Crippen molar-refractivity contribution >= 4 is 40.0 Å². The molecule has 0 atom stereocenters. The average molecular weight is 541 g/mol. The number of halogens is 3. The van der Waals surface area contributed by atoms with Gasteiger partial charge < -0.3 is 10.6 Å². The molecule has 4 aromatic rings. The van der Waals surface area contributed by atoms with Crippen LogP contribution in [0.2, 0.25) is 5.02 Å². The number of rotatable bonds is 9. The Hall–Kier alpha value is -4.31. The molecular weight excluding hydrogens is 518 g/mol. The molecule has 0 saturated carbocycles. The molecule has 8 nitrogen and oxygen atoms in total. The zero-order chi connectivity index (χ0) is 27.2. The lowest BCUT2D eigenvalue weighted by Crippen LogP contribution is -2.42. The van der Waals surface area contributed by atoms with E-state index in [1.807, 2.05) is 0 Å². The topological polar surface area (TPSA) is 102 Å². The van der Waals surface area contributed by atoms with Crippen LogP contribution < -0.4 is 21.9 Å². The molecule has 0 spiro atoms. The maximum atomic E-state index is 14.0. The van der Waals surface area contributed by atoms with E-state index < -0.39 is 35.3 Å². The Morgan fingerprint density at radius 2 is 1.63 bits per heavy atom. The van der Waals surface area contributed by atoms with Crippen molar-refractivity contribution in [2.75, 3.05) is 5.32 Å². The molecule has 0 fully saturated rings. The summed E-state index contributed by atoms with van der Waals surface area (Å²) in [4.78, 5) is 51.2. The summed E-state index contributed by atoms with van der Waals surface area (Å²) in [6.07, 6.45) is 0.238. The molecule has 0 saturated heterocycles. The number of anilines is 1. The molecule has 4 rings (SSSR count). The highest BCUT2D eigenvalue weighted by Crippen LogP contribution is 2.16. The number of amides is 2. The van der Waals surface area contributed by atoms with Crippen LogP contribution in [0.1, 0.15) is 18.4 Å². The van der Waals surface area contributed by atoms with Gasteiger partial charge in [0.15, 0.2) is 0 Å². The molecule has 1 aromatic heterocycles. The van der Waals surface area contributed by atoms with Gasteiger partial charge in [-0.15, -0.1) is 0 Å². The highest BCUT2D eigenvalue weighted by molar-refractivity contribution is 6.31. The summed E-state index contributed by atoms with van der Waals surface area (Å²) < 4.78 is 29.2. The molecule has 0 aliphatic carbocycles. The standard InChI is InChI=1S/C27H23ClF2N4O4/c28-20-8-3-1-6-17(20)15-31-24(35)10-5-13-33-26(37)19-7-2-4-9-23(19)34(27(33)38)16-25(36)32-22-12-11-18(29)14-21(22)30/h1-4,6-9,11-12,14H,5,10,13,15-16H2,(H,31,35)(H,32,36). The van der Waals surface area contributed by atoms with Gasteiger partial charge in [0.2, 0.25) is 11.8 Å². The Kier molecular flexibility index (Phi) is 8.32. The Bertz CT molecular complexity index is 1630. The zero-order valence-corrected chi connectivity index (χ0v) is 20.8. The van der Waals surface area contributed by atoms with Crippen molar-refractivity contribution < 1.29 is 18.4 Å². The number of para-hydroxylation sites is 1. The minimum Gasteiger partial charge on any atom is -0.352 e. The van der Waals surface area contributed by atoms with Gasteiger partial charge in [-0.25, -0.2) is 13.6 Å². The zero-order valence-electron chi connectivity index (χ0n) is 20.0. The normalized spacial score (nSPS) is 10.9. The first kappa shape index (κ1) is 26.7. The van der Waals surface area contributed by atoms with Crippen molar-refractivity contribution in [2.45, 2.75) is 32.5 Å². The Balaban J connectivity index is 1.49. The summed E-state index contributed by atoms with van der Waals surface area (Å²) in [5.74, 6) is -2.78. The smallest absolute Gasteiger partial charge is 0.331 e. The molecule has 1 heterocycles. The van der Waals surface area contributed by atoms with Crippen LogP contribution in [0.25, 0.3) is 10.9 Å². The summed E-state index contributed by atoms with van der Waals surface area (Å²) in [6, 6.07) is 16.1. The minimum absolute atomic E-state index is 0.0491. The van der Waals surface area contributed by atoms with Crippen molar-refractivity contribution in [2.24, 2.45) is 0 Å². The van der Waals surface area contributed by atoms with E-state index in [-0.39, 0.29) is 48.4 Å². The van der Waals surface area contributed by atoms with Crippen LogP contribution in [0.3, 0.4) is 0 Å². The fourth-order valence-corrected chi connectivity index (χ4v) is 4.17. The van der Waals surface area contributed by atoms with Crippen LogP contribution in [0.4, 0.5) is 14.5 Å². The SMILES string of the molecule is O=C(CCCn1c(=O)c2ccccc2n(CC(=O)Nc2ccc(F)cc2F)c1=O)NCc1ccccc1Cl. The quantitative estimate of drug-likeness (QED) is 0.337. The van der Waals surface area contributed by atoms with Crippen LogP contribution in [0.15, 0.2) is 76.3 Å². The van der Waals surface area contributed by atoms with Crippen molar-refractivity contribution in [3.05, 3.63) is 110 Å². The van der Waals surface area contributed by atoms with E-state index in [2.05, 4.69) is 10.6 Å². The third kappa shape index (κ3) is 6.15. The molecule has 2 amide bonds. The van der Waals surface area contributed by atoms with E-state index in [0.717, 1.165) is 26.8 Å². The summed E-state index contributed by atoms with van der Waals surface area (Å²) in [5, 5.41) is 5.80. The first-order valence-corrected chi connectivity index (χ1v) is 12.1. The van der Waals surface area contributed by atoms with Crippen molar-refractivity contribution in [3.8, 4) is 0 Å². The number of nitrogens with one attached hydrogen (secondary N) is 2. The molecule has 0 unspecified atom stereocenters. The molecule has 0 aliphatic rings. The first-order valence-electron chi connectivity index (χ1n) is 11.7. The number of benzene rings is 3. The third-order valence-corrected chi connectivity index (χ3v) is 6.23. The van der Waals surface area contributed by atoms with E-state index >= 15 is 0 Å². The highest BCUT2D eigenvalue weighted by atomic mass is 35.5. The van der Waals surface area contributed by atoms with E-state index in [0.29, 0.717) is 11.1 Å².